The summed E-state index contributed by atoms with van der Waals surface area (Å²) in [6.45, 7) is -1.57. The average Bonchev–Trinajstić information content (AvgIpc) is 3.73. The van der Waals surface area contributed by atoms with Gasteiger partial charge in [-0.2, -0.15) is 13.1 Å². The van der Waals surface area contributed by atoms with Crippen molar-refractivity contribution in [2.75, 3.05) is 24.6 Å². The van der Waals surface area contributed by atoms with E-state index in [0.29, 0.717) is 5.39 Å². The van der Waals surface area contributed by atoms with Gasteiger partial charge in [0.05, 0.1) is 18.3 Å². The minimum atomic E-state index is -5.31. The number of aliphatic hydroxyl groups is 1. The first-order valence-electron chi connectivity index (χ1n) is 12.9. The molecule has 23 heteroatoms. The van der Waals surface area contributed by atoms with Crippen molar-refractivity contribution in [1.29, 1.82) is 0 Å². The molecule has 0 radical (unpaired) electrons. The molecule has 44 heavy (non-hydrogen) atoms. The van der Waals surface area contributed by atoms with Gasteiger partial charge in [-0.25, -0.2) is 33.5 Å². The summed E-state index contributed by atoms with van der Waals surface area (Å²) in [5.41, 5.74) is 12.1. The number of rotatable bonds is 2. The second-order valence-corrected chi connectivity index (χ2v) is 12.8. The second-order valence-electron chi connectivity index (χ2n) is 10.0. The van der Waals surface area contributed by atoms with E-state index in [9.17, 15) is 23.0 Å². The van der Waals surface area contributed by atoms with Crippen LogP contribution in [0.25, 0.3) is 22.2 Å². The standard InChI is InChI=1S/C21H24FN10O10PS/c22-11-14-9(39-20(11)32-7-29-12-17(24)26-6-28-19(12)32)3-30-44(36,37)42-15-10(4-38-43(34,35)41-14)40-21(13(15)33)31-2-1-8-16(23)25-5-27-18(8)31/h1-2,5-7,9-11,13-15,20-21,30,33H,3-4H2,(H,34,35)(H2,23,25,27)(H2,24,26,28)/p-1/t9-,10-,11-,13-,14-,15-,20-,21-/m1/s1. The van der Waals surface area contributed by atoms with E-state index in [0.717, 1.165) is 17.2 Å². The Balaban J connectivity index is 1.17. The molecule has 3 saturated heterocycles. The van der Waals surface area contributed by atoms with Gasteiger partial charge in [-0.3, -0.25) is 9.13 Å². The maximum absolute atomic E-state index is 15.8. The van der Waals surface area contributed by atoms with Gasteiger partial charge in [-0.1, -0.05) is 0 Å². The van der Waals surface area contributed by atoms with Gasteiger partial charge in [0.2, 0.25) is 0 Å². The lowest BCUT2D eigenvalue weighted by atomic mass is 10.1. The molecule has 3 aliphatic heterocycles. The highest BCUT2D eigenvalue weighted by Gasteiger charge is 2.52. The van der Waals surface area contributed by atoms with Crippen LogP contribution in [0.2, 0.25) is 0 Å². The third-order valence-corrected chi connectivity index (χ3v) is 9.36. The predicted molar refractivity (Wildman–Crippen MR) is 141 cm³/mol. The monoisotopic (exact) mass is 657 g/mol. The maximum atomic E-state index is 15.8. The molecule has 9 atom stereocenters. The summed E-state index contributed by atoms with van der Waals surface area (Å²) in [4.78, 5) is 32.8. The Morgan fingerprint density at radius 2 is 1.75 bits per heavy atom. The summed E-state index contributed by atoms with van der Waals surface area (Å²) in [7, 11) is -10.0. The molecule has 3 fully saturated rings. The first-order chi connectivity index (χ1) is 20.9. The number of halogens is 1. The number of aliphatic hydroxyl groups excluding tert-OH is 1. The van der Waals surface area contributed by atoms with Gasteiger partial charge < -0.3 is 44.6 Å². The van der Waals surface area contributed by atoms with Crippen molar-refractivity contribution in [2.24, 2.45) is 0 Å². The Hall–Kier alpha value is -3.44. The van der Waals surface area contributed by atoms with Crippen LogP contribution < -0.4 is 21.1 Å². The number of phosphoric acid groups is 1. The lowest BCUT2D eigenvalue weighted by Gasteiger charge is -2.31. The predicted octanol–water partition coefficient (Wildman–Crippen LogP) is -1.97. The molecule has 20 nitrogen and oxygen atoms in total. The molecule has 1 unspecified atom stereocenters. The number of nitrogens with zero attached hydrogens (tertiary/aromatic N) is 7. The maximum Gasteiger partial charge on any atom is 0.336 e. The van der Waals surface area contributed by atoms with E-state index in [4.69, 9.17) is 34.2 Å². The van der Waals surface area contributed by atoms with E-state index < -0.39 is 80.4 Å². The van der Waals surface area contributed by atoms with Crippen molar-refractivity contribution in [3.05, 3.63) is 31.2 Å². The van der Waals surface area contributed by atoms with Crippen LogP contribution in [0.4, 0.5) is 16.0 Å². The number of nitrogens with one attached hydrogen (secondary N) is 1. The molecular formula is C21H23FN10O10PS-. The van der Waals surface area contributed by atoms with Gasteiger partial charge in [-0.15, -0.1) is 0 Å². The Morgan fingerprint density at radius 3 is 2.55 bits per heavy atom. The van der Waals surface area contributed by atoms with E-state index in [-0.39, 0.29) is 28.4 Å². The summed E-state index contributed by atoms with van der Waals surface area (Å²) >= 11 is 0. The Labute approximate surface area is 245 Å². The highest BCUT2D eigenvalue weighted by Crippen LogP contribution is 2.47. The average molecular weight is 658 g/mol. The van der Waals surface area contributed by atoms with E-state index in [2.05, 4.69) is 29.6 Å². The molecule has 0 spiro atoms. The van der Waals surface area contributed by atoms with E-state index in [1.165, 1.54) is 17.1 Å². The number of hydrogen-bond donors (Lipinski definition) is 4. The van der Waals surface area contributed by atoms with Gasteiger partial charge in [0.25, 0.3) is 7.82 Å². The number of alkyl halides is 1. The quantitative estimate of drug-likeness (QED) is 0.170. The molecular weight excluding hydrogens is 634 g/mol. The summed E-state index contributed by atoms with van der Waals surface area (Å²) in [6.07, 6.45) is -8.35. The number of hydrogen-bond acceptors (Lipinski definition) is 17. The summed E-state index contributed by atoms with van der Waals surface area (Å²) in [5.74, 6) is 0.148. The third kappa shape index (κ3) is 4.98. The van der Waals surface area contributed by atoms with Gasteiger partial charge in [-0.05, 0) is 6.07 Å². The van der Waals surface area contributed by atoms with Crippen LogP contribution in [0.1, 0.15) is 12.5 Å². The Bertz CT molecular complexity index is 1900. The van der Waals surface area contributed by atoms with E-state index >= 15 is 4.39 Å². The minimum Gasteiger partial charge on any atom is -0.756 e. The van der Waals surface area contributed by atoms with Gasteiger partial charge in [0.1, 0.15) is 60.2 Å². The SMILES string of the molecule is Nc1ncnc2c1ccn2[C@@H]1O[C@@H]2COP(=O)([O-])O[C@H]3[C@@H](F)[C@H](n4cnc5c(N)ncnc54)O[C@@H]3CNS(=O)(=O)O[C@H]2[C@H]1O. The minimum absolute atomic E-state index is 0.00632. The molecule has 0 aliphatic carbocycles. The molecule has 236 valence electrons. The molecule has 0 aromatic carbocycles. The highest BCUT2D eigenvalue weighted by molar-refractivity contribution is 7.84. The zero-order chi connectivity index (χ0) is 31.0. The van der Waals surface area contributed by atoms with Crippen LogP contribution in [0, 0.1) is 0 Å². The molecule has 6 N–H and O–H groups in total. The topological polar surface area (TPSA) is 279 Å². The lowest BCUT2D eigenvalue weighted by Crippen LogP contribution is -2.46. The number of anilines is 2. The normalized spacial score (nSPS) is 36.1. The van der Waals surface area contributed by atoms with Crippen molar-refractivity contribution < 1.29 is 50.1 Å². The molecule has 0 amide bonds. The van der Waals surface area contributed by atoms with Crippen LogP contribution in [0.15, 0.2) is 31.2 Å². The van der Waals surface area contributed by atoms with Crippen molar-refractivity contribution >= 4 is 52.0 Å². The molecule has 4 aromatic rings. The van der Waals surface area contributed by atoms with Crippen LogP contribution >= 0.6 is 7.82 Å². The Kier molecular flexibility index (Phi) is 7.04. The fourth-order valence-corrected chi connectivity index (χ4v) is 7.28. The van der Waals surface area contributed by atoms with Crippen molar-refractivity contribution in [1.82, 2.24) is 38.8 Å². The summed E-state index contributed by atoms with van der Waals surface area (Å²) in [5, 5.41) is 11.5. The lowest BCUT2D eigenvalue weighted by molar-refractivity contribution is -0.235. The van der Waals surface area contributed by atoms with Gasteiger partial charge in [0.15, 0.2) is 30.1 Å². The second kappa shape index (κ2) is 10.6. The zero-order valence-corrected chi connectivity index (χ0v) is 23.8. The fraction of sp³-hybridized carbons (Fsp3) is 0.476. The zero-order valence-electron chi connectivity index (χ0n) is 22.1. The fourth-order valence-electron chi connectivity index (χ4n) is 5.37. The molecule has 0 saturated carbocycles. The van der Waals surface area contributed by atoms with Crippen LogP contribution in [-0.2, 0) is 37.6 Å². The first-order valence-corrected chi connectivity index (χ1v) is 15.7. The Morgan fingerprint density at radius 1 is 1.02 bits per heavy atom. The van der Waals surface area contributed by atoms with Gasteiger partial charge >= 0.3 is 10.3 Å². The molecule has 7 rings (SSSR count). The summed E-state index contributed by atoms with van der Waals surface area (Å²) in [6, 6.07) is 1.55. The van der Waals surface area contributed by atoms with Crippen molar-refractivity contribution in [3.63, 3.8) is 0 Å². The number of aromatic nitrogens is 7. The molecule has 7 heterocycles. The smallest absolute Gasteiger partial charge is 0.336 e. The molecule has 3 aliphatic rings. The third-order valence-electron chi connectivity index (χ3n) is 7.40. The number of nitrogens with two attached hydrogens (primary N) is 2. The van der Waals surface area contributed by atoms with Crippen LogP contribution in [0.3, 0.4) is 0 Å². The molecule has 0 bridgehead atoms. The number of ether oxygens (including phenoxy) is 2. The number of phosphoric ester groups is 1. The van der Waals surface area contributed by atoms with Crippen molar-refractivity contribution in [2.45, 2.75) is 49.1 Å². The molecule has 4 aromatic heterocycles. The van der Waals surface area contributed by atoms with Gasteiger partial charge in [0, 0.05) is 12.7 Å². The first kappa shape index (κ1) is 29.3. The summed E-state index contributed by atoms with van der Waals surface area (Å²) < 4.78 is 86.2. The number of fused-ring (bicyclic) bond motifs is 4. The highest BCUT2D eigenvalue weighted by atomic mass is 32.2. The number of nitrogen functional groups attached to an aromatic ring is 2. The number of imidazole rings is 1. The largest absolute Gasteiger partial charge is 0.756 e. The van der Waals surface area contributed by atoms with E-state index in [1.807, 2.05) is 0 Å². The van der Waals surface area contributed by atoms with E-state index in [1.54, 1.807) is 6.07 Å². The van der Waals surface area contributed by atoms with Crippen molar-refractivity contribution in [3.8, 4) is 0 Å². The van der Waals surface area contributed by atoms with Crippen LogP contribution in [-0.4, -0.2) is 97.4 Å². The van der Waals surface area contributed by atoms with Crippen LogP contribution in [0.5, 0.6) is 0 Å².